The third-order valence-electron chi connectivity index (χ3n) is 6.42. The van der Waals surface area contributed by atoms with Crippen LogP contribution in [0.1, 0.15) is 16.8 Å². The lowest BCUT2D eigenvalue weighted by Crippen LogP contribution is -2.40. The minimum Gasteiger partial charge on any atom is -0.461 e. The second-order valence-electron chi connectivity index (χ2n) is 8.11. The Labute approximate surface area is 196 Å². The van der Waals surface area contributed by atoms with Crippen LogP contribution in [0.3, 0.4) is 0 Å². The lowest BCUT2D eigenvalue weighted by Gasteiger charge is -2.27. The van der Waals surface area contributed by atoms with E-state index < -0.39 is 5.92 Å². The van der Waals surface area contributed by atoms with Crippen molar-refractivity contribution in [3.63, 3.8) is 0 Å². The van der Waals surface area contributed by atoms with Crippen molar-refractivity contribution in [1.29, 1.82) is 0 Å². The maximum Gasteiger partial charge on any atom is 0.310 e. The molecule has 2 N–H and O–H groups in total. The summed E-state index contributed by atoms with van der Waals surface area (Å²) in [6.45, 7) is 0. The first-order valence-electron chi connectivity index (χ1n) is 9.85. The molecule has 5 rings (SSSR count). The van der Waals surface area contributed by atoms with Crippen LogP contribution in [0.2, 0.25) is 10.0 Å². The number of anilines is 2. The van der Waals surface area contributed by atoms with Gasteiger partial charge in [-0.2, -0.15) is 0 Å². The summed E-state index contributed by atoms with van der Waals surface area (Å²) >= 11 is 15.6. The molecule has 2 amide bonds. The predicted molar refractivity (Wildman–Crippen MR) is 121 cm³/mol. The molecule has 2 aromatic rings. The Morgan fingerprint density at radius 3 is 2.48 bits per heavy atom. The number of carbonyl (C=O) groups is 3. The van der Waals surface area contributed by atoms with Crippen molar-refractivity contribution in [2.45, 2.75) is 17.4 Å². The van der Waals surface area contributed by atoms with Crippen LogP contribution in [0.25, 0.3) is 0 Å². The van der Waals surface area contributed by atoms with Crippen LogP contribution in [0.5, 0.6) is 0 Å². The van der Waals surface area contributed by atoms with E-state index >= 15 is 0 Å². The van der Waals surface area contributed by atoms with E-state index in [1.807, 2.05) is 0 Å². The third kappa shape index (κ3) is 3.52. The van der Waals surface area contributed by atoms with Crippen molar-refractivity contribution in [1.82, 2.24) is 0 Å². The number of halogens is 3. The van der Waals surface area contributed by atoms with E-state index in [9.17, 15) is 14.4 Å². The highest BCUT2D eigenvalue weighted by molar-refractivity contribution is 9.09. The highest BCUT2D eigenvalue weighted by atomic mass is 79.9. The van der Waals surface area contributed by atoms with E-state index in [0.29, 0.717) is 27.0 Å². The molecule has 0 radical (unpaired) electrons. The average Bonchev–Trinajstić information content (AvgIpc) is 3.35. The maximum absolute atomic E-state index is 13.0. The molecule has 1 aliphatic heterocycles. The van der Waals surface area contributed by atoms with Crippen molar-refractivity contribution in [2.75, 3.05) is 10.6 Å². The first kappa shape index (κ1) is 20.8. The van der Waals surface area contributed by atoms with Crippen LogP contribution in [0, 0.1) is 23.7 Å². The van der Waals surface area contributed by atoms with Crippen molar-refractivity contribution in [3.05, 3.63) is 58.1 Å². The third-order valence-corrected chi connectivity index (χ3v) is 8.17. The molecule has 2 bridgehead atoms. The number of esters is 1. The minimum absolute atomic E-state index is 0.0155. The topological polar surface area (TPSA) is 84.5 Å². The maximum atomic E-state index is 13.0. The zero-order valence-corrected chi connectivity index (χ0v) is 19.1. The molecule has 1 saturated heterocycles. The standard InChI is InChI=1S/C22H17BrCl2N2O4/c23-18-12-8-13-17(22(30)31-19(13)18)16(12)21(29)26-11-4-1-9(2-5-11)20(28)27-15-6-3-10(24)7-14(15)25/h1-7,12-13,16-19H,8H2,(H,26,29)(H,27,28)/t12-,13-,16-,17-,18-,19+/m1/s1. The molecule has 3 aliphatic rings. The normalized spacial score (nSPS) is 30.2. The van der Waals surface area contributed by atoms with Crippen LogP contribution in [0.4, 0.5) is 11.4 Å². The van der Waals surface area contributed by atoms with Crippen LogP contribution in [0.15, 0.2) is 42.5 Å². The van der Waals surface area contributed by atoms with Crippen LogP contribution < -0.4 is 10.6 Å². The molecular formula is C22H17BrCl2N2O4. The van der Waals surface area contributed by atoms with Gasteiger partial charge in [0.2, 0.25) is 5.91 Å². The number of rotatable bonds is 4. The fourth-order valence-corrected chi connectivity index (χ4v) is 6.55. The molecule has 160 valence electrons. The number of hydrogen-bond donors (Lipinski definition) is 2. The average molecular weight is 524 g/mol. The Morgan fingerprint density at radius 1 is 1.03 bits per heavy atom. The highest BCUT2D eigenvalue weighted by Gasteiger charge is 2.67. The van der Waals surface area contributed by atoms with Gasteiger partial charge in [0.15, 0.2) is 0 Å². The van der Waals surface area contributed by atoms with Crippen LogP contribution in [-0.4, -0.2) is 28.7 Å². The molecule has 0 aromatic heterocycles. The van der Waals surface area contributed by atoms with Crippen molar-refractivity contribution in [2.24, 2.45) is 23.7 Å². The number of amides is 2. The van der Waals surface area contributed by atoms with Crippen molar-refractivity contribution in [3.8, 4) is 0 Å². The number of carbonyl (C=O) groups excluding carboxylic acids is 3. The van der Waals surface area contributed by atoms with E-state index in [1.165, 1.54) is 0 Å². The van der Waals surface area contributed by atoms with E-state index in [-0.39, 0.29) is 46.5 Å². The van der Waals surface area contributed by atoms with Crippen LogP contribution >= 0.6 is 39.1 Å². The summed E-state index contributed by atoms with van der Waals surface area (Å²) in [6, 6.07) is 11.4. The van der Waals surface area contributed by atoms with Gasteiger partial charge in [-0.15, -0.1) is 0 Å². The number of hydrogen-bond acceptors (Lipinski definition) is 4. The molecule has 0 unspecified atom stereocenters. The Morgan fingerprint density at radius 2 is 1.77 bits per heavy atom. The first-order chi connectivity index (χ1) is 14.8. The number of alkyl halides is 1. The summed E-state index contributed by atoms with van der Waals surface area (Å²) in [7, 11) is 0. The number of ether oxygens (including phenoxy) is 1. The molecule has 31 heavy (non-hydrogen) atoms. The van der Waals surface area contributed by atoms with E-state index in [2.05, 4.69) is 26.6 Å². The summed E-state index contributed by atoms with van der Waals surface area (Å²) in [5, 5.41) is 6.44. The van der Waals surface area contributed by atoms with Gasteiger partial charge < -0.3 is 15.4 Å². The summed E-state index contributed by atoms with van der Waals surface area (Å²) < 4.78 is 5.46. The molecule has 2 aliphatic carbocycles. The van der Waals surface area contributed by atoms with Gasteiger partial charge in [0.25, 0.3) is 5.91 Å². The SMILES string of the molecule is O=C(Nc1ccc(Cl)cc1Cl)c1ccc(NC(=O)[C@@H]2[C@H]3C[C@H]4[C@H](OC(=O)[C@H]42)[C@@H]3Br)cc1. The van der Waals surface area contributed by atoms with E-state index in [1.54, 1.807) is 42.5 Å². The summed E-state index contributed by atoms with van der Waals surface area (Å²) in [4.78, 5) is 37.7. The second-order valence-corrected chi connectivity index (χ2v) is 10.0. The monoisotopic (exact) mass is 522 g/mol. The largest absolute Gasteiger partial charge is 0.461 e. The molecule has 0 spiro atoms. The van der Waals surface area contributed by atoms with Gasteiger partial charge in [-0.3, -0.25) is 14.4 Å². The van der Waals surface area contributed by atoms with Crippen molar-refractivity contribution < 1.29 is 19.1 Å². The lowest BCUT2D eigenvalue weighted by molar-refractivity contribution is -0.145. The van der Waals surface area contributed by atoms with Crippen molar-refractivity contribution >= 4 is 68.3 Å². The van der Waals surface area contributed by atoms with Gasteiger partial charge >= 0.3 is 5.97 Å². The Hall–Kier alpha value is -2.09. The Bertz CT molecular complexity index is 1090. The fourth-order valence-electron chi connectivity index (χ4n) is 5.05. The predicted octanol–water partition coefficient (Wildman–Crippen LogP) is 4.76. The first-order valence-corrected chi connectivity index (χ1v) is 11.5. The molecule has 6 atom stereocenters. The fraction of sp³-hybridized carbons (Fsp3) is 0.318. The molecule has 3 fully saturated rings. The van der Waals surface area contributed by atoms with Gasteiger partial charge in [-0.05, 0) is 54.8 Å². The van der Waals surface area contributed by atoms with Crippen LogP contribution in [-0.2, 0) is 14.3 Å². The zero-order chi connectivity index (χ0) is 21.9. The van der Waals surface area contributed by atoms with Gasteiger partial charge in [-0.25, -0.2) is 0 Å². The molecule has 1 heterocycles. The van der Waals surface area contributed by atoms with Gasteiger partial charge in [-0.1, -0.05) is 39.1 Å². The summed E-state index contributed by atoms with van der Waals surface area (Å²) in [6.07, 6.45) is 0.708. The Balaban J connectivity index is 1.26. The minimum atomic E-state index is -0.407. The van der Waals surface area contributed by atoms with E-state index in [0.717, 1.165) is 6.42 Å². The highest BCUT2D eigenvalue weighted by Crippen LogP contribution is 2.60. The number of benzene rings is 2. The molecule has 2 saturated carbocycles. The number of nitrogens with one attached hydrogen (secondary N) is 2. The smallest absolute Gasteiger partial charge is 0.310 e. The quantitative estimate of drug-likeness (QED) is 0.447. The Kier molecular flexibility index (Phi) is 5.23. The lowest BCUT2D eigenvalue weighted by atomic mass is 9.79. The number of fused-ring (bicyclic) bond motifs is 1. The zero-order valence-electron chi connectivity index (χ0n) is 16.0. The van der Waals surface area contributed by atoms with Gasteiger partial charge in [0.05, 0.1) is 27.4 Å². The van der Waals surface area contributed by atoms with E-state index in [4.69, 9.17) is 27.9 Å². The van der Waals surface area contributed by atoms with Gasteiger partial charge in [0.1, 0.15) is 6.10 Å². The summed E-state index contributed by atoms with van der Waals surface area (Å²) in [5.74, 6) is -1.37. The molecule has 6 nitrogen and oxygen atoms in total. The van der Waals surface area contributed by atoms with Gasteiger partial charge in [0, 0.05) is 22.2 Å². The summed E-state index contributed by atoms with van der Waals surface area (Å²) in [5.41, 5.74) is 1.42. The molecule has 2 aromatic carbocycles. The second kappa shape index (κ2) is 7.80. The molecular weight excluding hydrogens is 507 g/mol. The molecule has 9 heteroatoms.